The van der Waals surface area contributed by atoms with Crippen LogP contribution in [0.25, 0.3) is 0 Å². The number of rotatable bonds is 19. The molecule has 0 aromatic heterocycles. The Hall–Kier alpha value is -6.74. The molecule has 0 spiro atoms. The van der Waals surface area contributed by atoms with Crippen LogP contribution in [0, 0.1) is 10.1 Å². The van der Waals surface area contributed by atoms with Crippen LogP contribution in [0.4, 0.5) is 5.69 Å². The number of benzene rings is 7. The molecule has 58 heavy (non-hydrogen) atoms. The summed E-state index contributed by atoms with van der Waals surface area (Å²) >= 11 is 0. The molecule has 1 unspecified atom stereocenters. The molecule has 7 aromatic rings. The summed E-state index contributed by atoms with van der Waals surface area (Å²) in [6.07, 6.45) is -0.397. The number of hydrogen-bond acceptors (Lipinski definition) is 7. The number of ether oxygens (including phenoxy) is 3. The largest absolute Gasteiger partial charge is 0.489 e. The van der Waals surface area contributed by atoms with Crippen molar-refractivity contribution in [3.8, 4) is 17.2 Å². The van der Waals surface area contributed by atoms with Crippen LogP contribution in [0.2, 0.25) is 0 Å². The van der Waals surface area contributed by atoms with Crippen LogP contribution >= 0.6 is 0 Å². The highest BCUT2D eigenvalue weighted by atomic mass is 16.6. The Kier molecular flexibility index (Phi) is 13.6. The molecule has 0 radical (unpaired) electrons. The molecule has 0 amide bonds. The Morgan fingerprint density at radius 1 is 0.517 bits per heavy atom. The van der Waals surface area contributed by atoms with Gasteiger partial charge in [-0.1, -0.05) is 152 Å². The molecular weight excluding hydrogens is 725 g/mol. The standard InChI is InChI=1S/C50H46N2O6/c53-48(43-25-30-49(47(32-43)52(54)55)58-36-40-19-11-4-12-20-40)33-51-46(31-37-13-5-1-6-14-37)50(41-21-26-44(27-22-41)56-34-38-15-7-2-8-16-38)42-23-28-45(29-24-42)57-35-39-17-9-3-10-18-39/h1-30,32,46,48,50-51,53H,31,33-36H2/t46?,48-/m0/s1. The smallest absolute Gasteiger partial charge is 0.311 e. The van der Waals surface area contributed by atoms with E-state index in [1.165, 1.54) is 6.07 Å². The Labute approximate surface area is 339 Å². The van der Waals surface area contributed by atoms with Gasteiger partial charge in [0.15, 0.2) is 5.75 Å². The summed E-state index contributed by atoms with van der Waals surface area (Å²) < 4.78 is 18.1. The Morgan fingerprint density at radius 2 is 0.931 bits per heavy atom. The number of nitro benzene ring substituents is 1. The first-order valence-electron chi connectivity index (χ1n) is 19.4. The lowest BCUT2D eigenvalue weighted by Gasteiger charge is -2.31. The van der Waals surface area contributed by atoms with Crippen molar-refractivity contribution in [3.05, 3.63) is 237 Å². The molecule has 7 aromatic carbocycles. The minimum Gasteiger partial charge on any atom is -0.489 e. The van der Waals surface area contributed by atoms with Crippen LogP contribution in [0.1, 0.15) is 51.0 Å². The van der Waals surface area contributed by atoms with Crippen molar-refractivity contribution in [1.29, 1.82) is 0 Å². The van der Waals surface area contributed by atoms with Crippen LogP contribution < -0.4 is 19.5 Å². The molecule has 2 N–H and O–H groups in total. The molecule has 0 fully saturated rings. The topological polar surface area (TPSA) is 103 Å². The molecule has 0 aliphatic heterocycles. The number of aliphatic hydroxyl groups is 1. The second kappa shape index (κ2) is 19.9. The lowest BCUT2D eigenvalue weighted by Crippen LogP contribution is -2.39. The van der Waals surface area contributed by atoms with Gasteiger partial charge in [-0.05, 0) is 75.7 Å². The normalized spacial score (nSPS) is 12.1. The third-order valence-corrected chi connectivity index (χ3v) is 10.1. The molecule has 8 heteroatoms. The summed E-state index contributed by atoms with van der Waals surface area (Å²) in [5, 5.41) is 27.4. The van der Waals surface area contributed by atoms with Gasteiger partial charge in [0.25, 0.3) is 0 Å². The number of nitro groups is 1. The summed E-state index contributed by atoms with van der Waals surface area (Å²) in [7, 11) is 0. The zero-order valence-corrected chi connectivity index (χ0v) is 32.1. The molecule has 0 saturated heterocycles. The molecule has 292 valence electrons. The fourth-order valence-corrected chi connectivity index (χ4v) is 6.98. The van der Waals surface area contributed by atoms with Crippen LogP contribution in [-0.4, -0.2) is 22.6 Å². The molecule has 0 aliphatic rings. The predicted octanol–water partition coefficient (Wildman–Crippen LogP) is 10.4. The fourth-order valence-electron chi connectivity index (χ4n) is 6.98. The van der Waals surface area contributed by atoms with Crippen molar-refractivity contribution in [1.82, 2.24) is 5.32 Å². The van der Waals surface area contributed by atoms with Crippen LogP contribution in [-0.2, 0) is 26.2 Å². The number of hydrogen-bond donors (Lipinski definition) is 2. The predicted molar refractivity (Wildman–Crippen MR) is 227 cm³/mol. The van der Waals surface area contributed by atoms with E-state index in [1.807, 2.05) is 133 Å². The van der Waals surface area contributed by atoms with Crippen molar-refractivity contribution in [2.24, 2.45) is 0 Å². The van der Waals surface area contributed by atoms with Gasteiger partial charge in [0, 0.05) is 24.6 Å². The summed E-state index contributed by atoms with van der Waals surface area (Å²) in [5.41, 5.74) is 6.53. The molecular formula is C50H46N2O6. The quantitative estimate of drug-likeness (QED) is 0.0623. The van der Waals surface area contributed by atoms with E-state index in [-0.39, 0.29) is 36.5 Å². The maximum Gasteiger partial charge on any atom is 0.311 e. The third-order valence-electron chi connectivity index (χ3n) is 10.1. The number of aliphatic hydroxyl groups excluding tert-OH is 1. The molecule has 8 nitrogen and oxygen atoms in total. The summed E-state index contributed by atoms with van der Waals surface area (Å²) in [4.78, 5) is 11.7. The van der Waals surface area contributed by atoms with E-state index < -0.39 is 11.0 Å². The maximum absolute atomic E-state index is 12.2. The first kappa shape index (κ1) is 39.5. The molecule has 7 rings (SSSR count). The zero-order valence-electron chi connectivity index (χ0n) is 32.1. The van der Waals surface area contributed by atoms with Crippen molar-refractivity contribution < 1.29 is 24.2 Å². The average Bonchev–Trinajstić information content (AvgIpc) is 3.28. The van der Waals surface area contributed by atoms with Gasteiger partial charge in [0.05, 0.1) is 11.0 Å². The fraction of sp³-hybridized carbons (Fsp3) is 0.160. The van der Waals surface area contributed by atoms with Crippen LogP contribution in [0.3, 0.4) is 0 Å². The van der Waals surface area contributed by atoms with E-state index >= 15 is 0 Å². The molecule has 0 saturated carbocycles. The van der Waals surface area contributed by atoms with E-state index in [0.717, 1.165) is 44.9 Å². The van der Waals surface area contributed by atoms with Gasteiger partial charge in [0.1, 0.15) is 31.3 Å². The van der Waals surface area contributed by atoms with Gasteiger partial charge in [-0.2, -0.15) is 0 Å². The second-order valence-electron chi connectivity index (χ2n) is 14.1. The molecule has 2 atom stereocenters. The molecule has 0 heterocycles. The van der Waals surface area contributed by atoms with E-state index in [9.17, 15) is 15.2 Å². The van der Waals surface area contributed by atoms with Gasteiger partial charge in [-0.25, -0.2) is 0 Å². The van der Waals surface area contributed by atoms with Gasteiger partial charge in [-0.3, -0.25) is 10.1 Å². The van der Waals surface area contributed by atoms with Crippen LogP contribution in [0.15, 0.2) is 188 Å². The van der Waals surface area contributed by atoms with Crippen molar-refractivity contribution in [2.45, 2.75) is 44.3 Å². The monoisotopic (exact) mass is 770 g/mol. The zero-order chi connectivity index (χ0) is 39.9. The number of nitrogens with zero attached hydrogens (tertiary/aromatic N) is 1. The second-order valence-corrected chi connectivity index (χ2v) is 14.1. The van der Waals surface area contributed by atoms with Crippen LogP contribution in [0.5, 0.6) is 17.2 Å². The van der Waals surface area contributed by atoms with E-state index in [0.29, 0.717) is 25.2 Å². The number of nitrogens with one attached hydrogen (secondary N) is 1. The Balaban J connectivity index is 1.15. The lowest BCUT2D eigenvalue weighted by atomic mass is 9.82. The first-order valence-corrected chi connectivity index (χ1v) is 19.4. The summed E-state index contributed by atoms with van der Waals surface area (Å²) in [6.45, 7) is 1.25. The first-order chi connectivity index (χ1) is 28.5. The van der Waals surface area contributed by atoms with Gasteiger partial charge >= 0.3 is 5.69 Å². The van der Waals surface area contributed by atoms with Gasteiger partial charge in [-0.15, -0.1) is 0 Å². The minimum absolute atomic E-state index is 0.145. The van der Waals surface area contributed by atoms with Crippen molar-refractivity contribution in [2.75, 3.05) is 6.54 Å². The maximum atomic E-state index is 12.2. The highest BCUT2D eigenvalue weighted by molar-refractivity contribution is 5.49. The highest BCUT2D eigenvalue weighted by Gasteiger charge is 2.27. The lowest BCUT2D eigenvalue weighted by molar-refractivity contribution is -0.386. The van der Waals surface area contributed by atoms with E-state index in [4.69, 9.17) is 14.2 Å². The SMILES string of the molecule is O=[N+]([O-])c1cc([C@@H](O)CNC(Cc2ccccc2)C(c2ccc(OCc3ccccc3)cc2)c2ccc(OCc3ccccc3)cc2)ccc1OCc1ccccc1. The summed E-state index contributed by atoms with van der Waals surface area (Å²) in [5.74, 6) is 1.50. The van der Waals surface area contributed by atoms with Crippen molar-refractivity contribution in [3.63, 3.8) is 0 Å². The van der Waals surface area contributed by atoms with E-state index in [1.54, 1.807) is 12.1 Å². The van der Waals surface area contributed by atoms with E-state index in [2.05, 4.69) is 41.7 Å². The molecule has 0 aliphatic carbocycles. The minimum atomic E-state index is -1.04. The average molecular weight is 771 g/mol. The Bertz CT molecular complexity index is 2220. The highest BCUT2D eigenvalue weighted by Crippen LogP contribution is 2.34. The summed E-state index contributed by atoms with van der Waals surface area (Å²) in [6, 6.07) is 60.7. The van der Waals surface area contributed by atoms with Crippen molar-refractivity contribution >= 4 is 5.69 Å². The van der Waals surface area contributed by atoms with Gasteiger partial charge < -0.3 is 24.6 Å². The third kappa shape index (κ3) is 11.0. The Morgan fingerprint density at radius 3 is 1.38 bits per heavy atom. The molecule has 0 bridgehead atoms. The van der Waals surface area contributed by atoms with Gasteiger partial charge in [0.2, 0.25) is 0 Å².